The molecule has 0 aliphatic rings. The third kappa shape index (κ3) is 2.78. The van der Waals surface area contributed by atoms with Crippen LogP contribution in [0.3, 0.4) is 0 Å². The second-order valence-electron chi connectivity index (χ2n) is 4.12. The average molecular weight is 273 g/mol. The summed E-state index contributed by atoms with van der Waals surface area (Å²) in [5, 5.41) is 12.4. The van der Waals surface area contributed by atoms with E-state index in [1.54, 1.807) is 12.3 Å². The molecule has 5 heteroatoms. The Bertz CT molecular complexity index is 646. The molecule has 0 saturated heterocycles. The maximum absolute atomic E-state index is 8.90. The number of rotatable bonds is 3. The molecule has 0 amide bonds. The molecule has 0 radical (unpaired) electrons. The minimum atomic E-state index is 0.339. The monoisotopic (exact) mass is 272 g/mol. The number of benzene rings is 1. The zero-order valence-electron chi connectivity index (χ0n) is 10.4. The molecule has 1 aromatic heterocycles. The molecule has 19 heavy (non-hydrogen) atoms. The SMILES string of the molecule is Cc1c(N)cccc1CNc1nccc(C#N)c1Cl. The highest BCUT2D eigenvalue weighted by Crippen LogP contribution is 2.24. The maximum atomic E-state index is 8.90. The van der Waals surface area contributed by atoms with Gasteiger partial charge in [0.25, 0.3) is 0 Å². The number of nitrogens with one attached hydrogen (secondary N) is 1. The van der Waals surface area contributed by atoms with Gasteiger partial charge in [0.2, 0.25) is 0 Å². The van der Waals surface area contributed by atoms with Gasteiger partial charge < -0.3 is 11.1 Å². The summed E-state index contributed by atoms with van der Waals surface area (Å²) in [7, 11) is 0. The van der Waals surface area contributed by atoms with Crippen LogP contribution in [0.5, 0.6) is 0 Å². The Morgan fingerprint density at radius 1 is 1.42 bits per heavy atom. The topological polar surface area (TPSA) is 74.7 Å². The van der Waals surface area contributed by atoms with Crippen molar-refractivity contribution in [3.05, 3.63) is 52.2 Å². The number of hydrogen-bond acceptors (Lipinski definition) is 4. The Balaban J connectivity index is 2.20. The van der Waals surface area contributed by atoms with E-state index in [1.807, 2.05) is 31.2 Å². The third-order valence-corrected chi connectivity index (χ3v) is 3.33. The van der Waals surface area contributed by atoms with Crippen molar-refractivity contribution in [2.45, 2.75) is 13.5 Å². The van der Waals surface area contributed by atoms with Crippen molar-refractivity contribution in [1.29, 1.82) is 5.26 Å². The highest BCUT2D eigenvalue weighted by atomic mass is 35.5. The highest BCUT2D eigenvalue weighted by Gasteiger charge is 2.07. The van der Waals surface area contributed by atoms with Crippen molar-refractivity contribution in [1.82, 2.24) is 4.98 Å². The Morgan fingerprint density at radius 3 is 2.95 bits per heavy atom. The lowest BCUT2D eigenvalue weighted by Crippen LogP contribution is -2.05. The molecule has 0 atom stereocenters. The van der Waals surface area contributed by atoms with Crippen molar-refractivity contribution in [3.63, 3.8) is 0 Å². The first-order valence-corrected chi connectivity index (χ1v) is 6.13. The Morgan fingerprint density at radius 2 is 2.21 bits per heavy atom. The molecule has 4 nitrogen and oxygen atoms in total. The fourth-order valence-corrected chi connectivity index (χ4v) is 1.95. The van der Waals surface area contributed by atoms with Gasteiger partial charge in [0.1, 0.15) is 16.9 Å². The van der Waals surface area contributed by atoms with E-state index in [2.05, 4.69) is 10.3 Å². The summed E-state index contributed by atoms with van der Waals surface area (Å²) in [6.07, 6.45) is 1.55. The second-order valence-corrected chi connectivity index (χ2v) is 4.50. The van der Waals surface area contributed by atoms with Crippen molar-refractivity contribution in [2.24, 2.45) is 0 Å². The molecular formula is C14H13ClN4. The second kappa shape index (κ2) is 5.59. The molecule has 1 aromatic carbocycles. The van der Waals surface area contributed by atoms with E-state index in [1.165, 1.54) is 0 Å². The first-order chi connectivity index (χ1) is 9.13. The predicted octanol–water partition coefficient (Wildman–Crippen LogP) is 3.11. The van der Waals surface area contributed by atoms with Crippen LogP contribution in [0.1, 0.15) is 16.7 Å². The van der Waals surface area contributed by atoms with Gasteiger partial charge in [-0.25, -0.2) is 4.98 Å². The van der Waals surface area contributed by atoms with E-state index in [-0.39, 0.29) is 0 Å². The molecule has 0 saturated carbocycles. The zero-order chi connectivity index (χ0) is 13.8. The number of hydrogen-bond donors (Lipinski definition) is 2. The fourth-order valence-electron chi connectivity index (χ4n) is 1.73. The number of pyridine rings is 1. The van der Waals surface area contributed by atoms with Gasteiger partial charge in [0, 0.05) is 18.4 Å². The maximum Gasteiger partial charge on any atom is 0.146 e. The van der Waals surface area contributed by atoms with Crippen molar-refractivity contribution in [3.8, 4) is 6.07 Å². The summed E-state index contributed by atoms with van der Waals surface area (Å²) in [6, 6.07) is 9.36. The van der Waals surface area contributed by atoms with Gasteiger partial charge in [-0.1, -0.05) is 23.7 Å². The lowest BCUT2D eigenvalue weighted by molar-refractivity contribution is 1.09. The average Bonchev–Trinajstić information content (AvgIpc) is 2.42. The van der Waals surface area contributed by atoms with Crippen LogP contribution in [0, 0.1) is 18.3 Å². The van der Waals surface area contributed by atoms with Crippen molar-refractivity contribution in [2.75, 3.05) is 11.1 Å². The summed E-state index contributed by atoms with van der Waals surface area (Å²) in [5.74, 6) is 0.502. The first kappa shape index (κ1) is 13.2. The van der Waals surface area contributed by atoms with E-state index >= 15 is 0 Å². The van der Waals surface area contributed by atoms with Crippen LogP contribution in [0.4, 0.5) is 11.5 Å². The van der Waals surface area contributed by atoms with Crippen LogP contribution in [0.2, 0.25) is 5.02 Å². The number of nitrogens with two attached hydrogens (primary N) is 1. The number of aromatic nitrogens is 1. The quantitative estimate of drug-likeness (QED) is 0.842. The summed E-state index contributed by atoms with van der Waals surface area (Å²) in [6.45, 7) is 2.52. The smallest absolute Gasteiger partial charge is 0.146 e. The molecule has 96 valence electrons. The minimum Gasteiger partial charge on any atom is -0.399 e. The van der Waals surface area contributed by atoms with E-state index in [9.17, 15) is 0 Å². The minimum absolute atomic E-state index is 0.339. The van der Waals surface area contributed by atoms with Gasteiger partial charge in [0.05, 0.1) is 5.56 Å². The molecule has 2 rings (SSSR count). The molecule has 0 fully saturated rings. The molecule has 0 bridgehead atoms. The van der Waals surface area contributed by atoms with Crippen molar-refractivity contribution < 1.29 is 0 Å². The van der Waals surface area contributed by atoms with Gasteiger partial charge in [-0.05, 0) is 30.2 Å². The predicted molar refractivity (Wildman–Crippen MR) is 76.9 cm³/mol. The van der Waals surface area contributed by atoms with Crippen LogP contribution in [0.25, 0.3) is 0 Å². The largest absolute Gasteiger partial charge is 0.399 e. The standard InChI is InChI=1S/C14H13ClN4/c1-9-11(3-2-4-12(9)17)8-19-14-13(15)10(7-16)5-6-18-14/h2-6H,8,17H2,1H3,(H,18,19). The van der Waals surface area contributed by atoms with Gasteiger partial charge >= 0.3 is 0 Å². The number of nitrogen functional groups attached to an aromatic ring is 1. The number of halogens is 1. The molecule has 0 aliphatic carbocycles. The Kier molecular flexibility index (Phi) is 3.88. The summed E-state index contributed by atoms with van der Waals surface area (Å²) in [5.41, 5.74) is 9.11. The van der Waals surface area contributed by atoms with Gasteiger partial charge in [-0.3, -0.25) is 0 Å². The van der Waals surface area contributed by atoms with E-state index in [0.29, 0.717) is 22.9 Å². The van der Waals surface area contributed by atoms with E-state index in [0.717, 1.165) is 16.8 Å². The molecule has 3 N–H and O–H groups in total. The number of anilines is 2. The first-order valence-electron chi connectivity index (χ1n) is 5.76. The highest BCUT2D eigenvalue weighted by molar-refractivity contribution is 6.34. The van der Waals surface area contributed by atoms with Gasteiger partial charge in [0.15, 0.2) is 0 Å². The van der Waals surface area contributed by atoms with Crippen molar-refractivity contribution >= 4 is 23.1 Å². The summed E-state index contributed by atoms with van der Waals surface area (Å²) < 4.78 is 0. The van der Waals surface area contributed by atoms with E-state index in [4.69, 9.17) is 22.6 Å². The van der Waals surface area contributed by atoms with Crippen LogP contribution in [-0.2, 0) is 6.54 Å². The molecule has 2 aromatic rings. The van der Waals surface area contributed by atoms with Crippen LogP contribution >= 0.6 is 11.6 Å². The molecule has 0 unspecified atom stereocenters. The zero-order valence-corrected chi connectivity index (χ0v) is 11.2. The normalized spacial score (nSPS) is 9.95. The Hall–Kier alpha value is -2.25. The lowest BCUT2D eigenvalue weighted by atomic mass is 10.1. The van der Waals surface area contributed by atoms with Crippen LogP contribution in [-0.4, -0.2) is 4.98 Å². The molecule has 1 heterocycles. The summed E-state index contributed by atoms with van der Waals surface area (Å²) >= 11 is 6.07. The van der Waals surface area contributed by atoms with Gasteiger partial charge in [-0.2, -0.15) is 5.26 Å². The molecular weight excluding hydrogens is 260 g/mol. The number of nitrogens with zero attached hydrogens (tertiary/aromatic N) is 2. The summed E-state index contributed by atoms with van der Waals surface area (Å²) in [4.78, 5) is 4.13. The molecule has 0 spiro atoms. The van der Waals surface area contributed by atoms with E-state index < -0.39 is 0 Å². The Labute approximate surface area is 116 Å². The fraction of sp³-hybridized carbons (Fsp3) is 0.143. The van der Waals surface area contributed by atoms with Crippen LogP contribution in [0.15, 0.2) is 30.5 Å². The van der Waals surface area contributed by atoms with Gasteiger partial charge in [-0.15, -0.1) is 0 Å². The molecule has 0 aliphatic heterocycles. The third-order valence-electron chi connectivity index (χ3n) is 2.94. The lowest BCUT2D eigenvalue weighted by Gasteiger charge is -2.11. The number of nitriles is 1. The van der Waals surface area contributed by atoms with Crippen LogP contribution < -0.4 is 11.1 Å².